The maximum atomic E-state index is 12.8. The molecule has 9 nitrogen and oxygen atoms in total. The van der Waals surface area contributed by atoms with Crippen molar-refractivity contribution in [3.63, 3.8) is 0 Å². The lowest BCUT2D eigenvalue weighted by Gasteiger charge is -2.19. The number of hydrogen-bond acceptors (Lipinski definition) is 6. The molecule has 0 saturated heterocycles. The first-order valence-electron chi connectivity index (χ1n) is 13.1. The molecule has 1 atom stereocenters. The van der Waals surface area contributed by atoms with E-state index in [1.807, 2.05) is 48.5 Å². The number of fused-ring (bicyclic) bond motifs is 4. The molecule has 1 amide bonds. The molecule has 0 radical (unpaired) electrons. The van der Waals surface area contributed by atoms with E-state index in [1.54, 1.807) is 49.6 Å². The Morgan fingerprint density at radius 2 is 1.60 bits per heavy atom. The molecular formula is C31H31N3O6. The van der Waals surface area contributed by atoms with E-state index in [0.717, 1.165) is 22.3 Å². The van der Waals surface area contributed by atoms with Crippen molar-refractivity contribution in [3.8, 4) is 11.1 Å². The SMILES string of the molecule is CC(C)(C)OC(=O)Cc1nc(C[C@H](NC(=O)OCC2c3ccccc3-c3ccccc32)C(=O)O)c2ccccn12. The summed E-state index contributed by atoms with van der Waals surface area (Å²) in [6.45, 7) is 5.42. The molecule has 2 aromatic heterocycles. The number of rotatable bonds is 8. The van der Waals surface area contributed by atoms with Crippen LogP contribution in [0.4, 0.5) is 4.79 Å². The zero-order valence-electron chi connectivity index (χ0n) is 22.6. The standard InChI is InChI=1S/C31H31N3O6/c1-31(2,3)40-28(35)17-27-32-24(26-14-8-9-15-34(26)27)16-25(29(36)37)33-30(38)39-18-23-21-12-6-4-10-19(21)20-11-5-7-13-22(20)23/h4-15,23,25H,16-18H2,1-3H3,(H,33,38)(H,36,37)/t25-/m0/s1. The molecule has 1 aliphatic carbocycles. The van der Waals surface area contributed by atoms with E-state index in [1.165, 1.54) is 0 Å². The number of aliphatic carboxylic acids is 1. The fourth-order valence-electron chi connectivity index (χ4n) is 5.13. The number of carbonyl (C=O) groups excluding carboxylic acids is 2. The van der Waals surface area contributed by atoms with Crippen molar-refractivity contribution in [1.82, 2.24) is 14.7 Å². The number of amides is 1. The van der Waals surface area contributed by atoms with Crippen molar-refractivity contribution in [2.24, 2.45) is 0 Å². The van der Waals surface area contributed by atoms with Gasteiger partial charge in [-0.1, -0.05) is 54.6 Å². The molecule has 0 fully saturated rings. The van der Waals surface area contributed by atoms with Gasteiger partial charge in [-0.2, -0.15) is 0 Å². The van der Waals surface area contributed by atoms with Gasteiger partial charge in [-0.05, 0) is 55.2 Å². The predicted octanol–water partition coefficient (Wildman–Crippen LogP) is 4.75. The highest BCUT2D eigenvalue weighted by Gasteiger charge is 2.30. The molecular weight excluding hydrogens is 510 g/mol. The average molecular weight is 542 g/mol. The summed E-state index contributed by atoms with van der Waals surface area (Å²) in [6, 6.07) is 20.0. The summed E-state index contributed by atoms with van der Waals surface area (Å²) >= 11 is 0. The van der Waals surface area contributed by atoms with Crippen molar-refractivity contribution in [1.29, 1.82) is 0 Å². The Kier molecular flexibility index (Phi) is 7.30. The summed E-state index contributed by atoms with van der Waals surface area (Å²) in [4.78, 5) is 41.9. The van der Waals surface area contributed by atoms with Crippen LogP contribution in [0.15, 0.2) is 72.9 Å². The maximum Gasteiger partial charge on any atom is 0.407 e. The smallest absolute Gasteiger partial charge is 0.407 e. The Balaban J connectivity index is 1.29. The van der Waals surface area contributed by atoms with Gasteiger partial charge in [0.05, 0.1) is 11.2 Å². The van der Waals surface area contributed by atoms with Crippen molar-refractivity contribution in [2.45, 2.75) is 51.2 Å². The van der Waals surface area contributed by atoms with Crippen LogP contribution in [0.3, 0.4) is 0 Å². The van der Waals surface area contributed by atoms with Crippen LogP contribution in [0.2, 0.25) is 0 Å². The number of carbonyl (C=O) groups is 3. The Morgan fingerprint density at radius 1 is 0.975 bits per heavy atom. The van der Waals surface area contributed by atoms with E-state index in [4.69, 9.17) is 9.47 Å². The van der Waals surface area contributed by atoms with Gasteiger partial charge in [0, 0.05) is 18.5 Å². The molecule has 206 valence electrons. The second kappa shape index (κ2) is 10.8. The highest BCUT2D eigenvalue weighted by molar-refractivity contribution is 5.81. The summed E-state index contributed by atoms with van der Waals surface area (Å²) in [5, 5.41) is 12.4. The van der Waals surface area contributed by atoms with Gasteiger partial charge >= 0.3 is 18.0 Å². The van der Waals surface area contributed by atoms with Gasteiger partial charge in [0.25, 0.3) is 0 Å². The minimum absolute atomic E-state index is 0.0691. The Hall–Kier alpha value is -4.66. The number of aromatic nitrogens is 2. The molecule has 0 spiro atoms. The number of ether oxygens (including phenoxy) is 2. The number of alkyl carbamates (subject to hydrolysis) is 1. The molecule has 40 heavy (non-hydrogen) atoms. The number of imidazole rings is 1. The second-order valence-electron chi connectivity index (χ2n) is 10.8. The Labute approximate surface area is 231 Å². The van der Waals surface area contributed by atoms with Gasteiger partial charge in [-0.25, -0.2) is 14.6 Å². The molecule has 4 aromatic rings. The number of benzene rings is 2. The van der Waals surface area contributed by atoms with E-state index in [2.05, 4.69) is 10.3 Å². The molecule has 0 bridgehead atoms. The highest BCUT2D eigenvalue weighted by atomic mass is 16.6. The summed E-state index contributed by atoms with van der Waals surface area (Å²) in [7, 11) is 0. The van der Waals surface area contributed by atoms with Gasteiger partial charge < -0.3 is 24.3 Å². The zero-order valence-corrected chi connectivity index (χ0v) is 22.6. The second-order valence-corrected chi connectivity index (χ2v) is 10.8. The van der Waals surface area contributed by atoms with Crippen LogP contribution in [-0.4, -0.2) is 50.8 Å². The van der Waals surface area contributed by atoms with Gasteiger partial charge in [-0.15, -0.1) is 0 Å². The fraction of sp³-hybridized carbons (Fsp3) is 0.290. The molecule has 5 rings (SSSR count). The van der Waals surface area contributed by atoms with Crippen molar-refractivity contribution < 1.29 is 29.0 Å². The number of hydrogen-bond donors (Lipinski definition) is 2. The lowest BCUT2D eigenvalue weighted by Crippen LogP contribution is -2.43. The van der Waals surface area contributed by atoms with Crippen molar-refractivity contribution in [2.75, 3.05) is 6.61 Å². The third-order valence-electron chi connectivity index (χ3n) is 6.75. The number of carboxylic acid groups (broad SMARTS) is 1. The Morgan fingerprint density at radius 3 is 2.23 bits per heavy atom. The van der Waals surface area contributed by atoms with Crippen LogP contribution >= 0.6 is 0 Å². The number of nitrogens with one attached hydrogen (secondary N) is 1. The first-order valence-corrected chi connectivity index (χ1v) is 13.1. The van der Waals surface area contributed by atoms with Crippen molar-refractivity contribution in [3.05, 3.63) is 95.6 Å². The topological polar surface area (TPSA) is 119 Å². The normalized spacial score (nSPS) is 13.4. The van der Waals surface area contributed by atoms with Crippen LogP contribution in [0.25, 0.3) is 16.6 Å². The number of carboxylic acids is 1. The maximum absolute atomic E-state index is 12.8. The van der Waals surface area contributed by atoms with Crippen LogP contribution in [-0.2, 0) is 31.9 Å². The molecule has 0 saturated carbocycles. The zero-order chi connectivity index (χ0) is 28.4. The minimum Gasteiger partial charge on any atom is -0.480 e. The monoisotopic (exact) mass is 541 g/mol. The number of pyridine rings is 1. The molecule has 2 N–H and O–H groups in total. The van der Waals surface area contributed by atoms with E-state index < -0.39 is 29.7 Å². The van der Waals surface area contributed by atoms with Gasteiger partial charge in [-0.3, -0.25) is 4.79 Å². The molecule has 2 aromatic carbocycles. The van der Waals surface area contributed by atoms with E-state index in [9.17, 15) is 19.5 Å². The largest absolute Gasteiger partial charge is 0.480 e. The first kappa shape index (κ1) is 26.9. The van der Waals surface area contributed by atoms with Crippen LogP contribution in [0, 0.1) is 0 Å². The lowest BCUT2D eigenvalue weighted by molar-refractivity contribution is -0.154. The average Bonchev–Trinajstić information content (AvgIpc) is 3.41. The van der Waals surface area contributed by atoms with Gasteiger partial charge in [0.1, 0.15) is 30.5 Å². The fourth-order valence-corrected chi connectivity index (χ4v) is 5.13. The molecule has 0 aliphatic heterocycles. The van der Waals surface area contributed by atoms with Crippen LogP contribution < -0.4 is 5.32 Å². The third-order valence-corrected chi connectivity index (χ3v) is 6.75. The summed E-state index contributed by atoms with van der Waals surface area (Å²) in [6.07, 6.45) is 0.744. The quantitative estimate of drug-likeness (QED) is 0.309. The minimum atomic E-state index is -1.29. The van der Waals surface area contributed by atoms with E-state index >= 15 is 0 Å². The summed E-state index contributed by atoms with van der Waals surface area (Å²) in [5.41, 5.74) is 4.76. The summed E-state index contributed by atoms with van der Waals surface area (Å²) < 4.78 is 12.7. The van der Waals surface area contributed by atoms with Gasteiger partial charge in [0.15, 0.2) is 0 Å². The third kappa shape index (κ3) is 5.68. The van der Waals surface area contributed by atoms with E-state index in [0.29, 0.717) is 17.0 Å². The molecule has 9 heteroatoms. The van der Waals surface area contributed by atoms with Crippen LogP contribution in [0.1, 0.15) is 49.3 Å². The molecule has 0 unspecified atom stereocenters. The summed E-state index contributed by atoms with van der Waals surface area (Å²) in [5.74, 6) is -1.39. The lowest BCUT2D eigenvalue weighted by atomic mass is 9.98. The number of esters is 1. The van der Waals surface area contributed by atoms with E-state index in [-0.39, 0.29) is 25.4 Å². The predicted molar refractivity (Wildman–Crippen MR) is 148 cm³/mol. The Bertz CT molecular complexity index is 1540. The first-order chi connectivity index (χ1) is 19.1. The van der Waals surface area contributed by atoms with Gasteiger partial charge in [0.2, 0.25) is 0 Å². The van der Waals surface area contributed by atoms with Crippen molar-refractivity contribution >= 4 is 23.5 Å². The highest BCUT2D eigenvalue weighted by Crippen LogP contribution is 2.44. The molecule has 2 heterocycles. The van der Waals surface area contributed by atoms with Crippen LogP contribution in [0.5, 0.6) is 0 Å². The molecule has 1 aliphatic rings. The number of nitrogens with zero attached hydrogens (tertiary/aromatic N) is 2.